The molecule has 1 heteroatoms. The lowest BCUT2D eigenvalue weighted by atomic mass is 9.74. The van der Waals surface area contributed by atoms with E-state index in [-0.39, 0.29) is 5.92 Å². The molecule has 1 unspecified atom stereocenters. The van der Waals surface area contributed by atoms with Crippen molar-refractivity contribution < 1.29 is 0 Å². The van der Waals surface area contributed by atoms with Crippen molar-refractivity contribution in [1.29, 1.82) is 5.26 Å². The molecular weight excluding hydrogens is 206 g/mol. The molecule has 0 aliphatic heterocycles. The number of rotatable bonds is 4. The van der Waals surface area contributed by atoms with Crippen LogP contribution in [0, 0.1) is 23.2 Å². The SMILES string of the molecule is C=C.C=C/C(=C\C)CC(C#N)C1CCC1.CC. The van der Waals surface area contributed by atoms with Gasteiger partial charge >= 0.3 is 0 Å². The molecule has 0 bridgehead atoms. The highest BCUT2D eigenvalue weighted by Gasteiger charge is 2.27. The average Bonchev–Trinajstić information content (AvgIpc) is 2.37. The van der Waals surface area contributed by atoms with Crippen molar-refractivity contribution >= 4 is 0 Å². The quantitative estimate of drug-likeness (QED) is 0.479. The van der Waals surface area contributed by atoms with Gasteiger partial charge in [-0.15, -0.1) is 13.2 Å². The van der Waals surface area contributed by atoms with Crippen molar-refractivity contribution in [2.75, 3.05) is 0 Å². The van der Waals surface area contributed by atoms with Gasteiger partial charge in [0.25, 0.3) is 0 Å². The molecule has 1 aliphatic rings. The summed E-state index contributed by atoms with van der Waals surface area (Å²) in [5.74, 6) is 0.873. The summed E-state index contributed by atoms with van der Waals surface area (Å²) in [6.45, 7) is 15.8. The number of hydrogen-bond donors (Lipinski definition) is 0. The summed E-state index contributed by atoms with van der Waals surface area (Å²) in [7, 11) is 0. The second-order valence-corrected chi connectivity index (χ2v) is 3.70. The van der Waals surface area contributed by atoms with Gasteiger partial charge in [-0.25, -0.2) is 0 Å². The van der Waals surface area contributed by atoms with E-state index in [1.165, 1.54) is 24.8 Å². The first-order valence-corrected chi connectivity index (χ1v) is 6.49. The highest BCUT2D eigenvalue weighted by atomic mass is 14.4. The molecule has 0 N–H and O–H groups in total. The lowest BCUT2D eigenvalue weighted by molar-refractivity contribution is 0.246. The van der Waals surface area contributed by atoms with Crippen molar-refractivity contribution in [3.63, 3.8) is 0 Å². The van der Waals surface area contributed by atoms with Gasteiger partial charge in [-0.3, -0.25) is 0 Å². The maximum absolute atomic E-state index is 8.99. The van der Waals surface area contributed by atoms with Crippen LogP contribution in [0.4, 0.5) is 0 Å². The molecule has 1 fully saturated rings. The molecule has 96 valence electrons. The number of nitrogens with zero attached hydrogens (tertiary/aromatic N) is 1. The fourth-order valence-electron chi connectivity index (χ4n) is 1.73. The Morgan fingerprint density at radius 1 is 1.41 bits per heavy atom. The molecule has 0 saturated heterocycles. The molecule has 17 heavy (non-hydrogen) atoms. The lowest BCUT2D eigenvalue weighted by Gasteiger charge is -2.29. The van der Waals surface area contributed by atoms with E-state index in [1.54, 1.807) is 0 Å². The maximum atomic E-state index is 8.99. The van der Waals surface area contributed by atoms with E-state index in [4.69, 9.17) is 5.26 Å². The lowest BCUT2D eigenvalue weighted by Crippen LogP contribution is -2.21. The van der Waals surface area contributed by atoms with Crippen LogP contribution in [0.1, 0.15) is 46.5 Å². The molecule has 0 amide bonds. The van der Waals surface area contributed by atoms with Gasteiger partial charge in [0.2, 0.25) is 0 Å². The van der Waals surface area contributed by atoms with Gasteiger partial charge in [-0.2, -0.15) is 5.26 Å². The first kappa shape index (κ1) is 18.1. The molecular formula is C16H27N. The van der Waals surface area contributed by atoms with Crippen molar-refractivity contribution in [3.05, 3.63) is 37.5 Å². The molecule has 1 rings (SSSR count). The number of nitriles is 1. The van der Waals surface area contributed by atoms with Gasteiger partial charge in [0.05, 0.1) is 12.0 Å². The van der Waals surface area contributed by atoms with Crippen molar-refractivity contribution in [2.24, 2.45) is 11.8 Å². The Hall–Kier alpha value is -1.29. The Labute approximate surface area is 108 Å². The molecule has 0 radical (unpaired) electrons. The first-order chi connectivity index (χ1) is 8.31. The predicted octanol–water partition coefficient (Wildman–Crippen LogP) is 5.28. The zero-order valence-electron chi connectivity index (χ0n) is 11.7. The monoisotopic (exact) mass is 233 g/mol. The van der Waals surface area contributed by atoms with E-state index in [2.05, 4.69) is 31.9 Å². The third-order valence-electron chi connectivity index (χ3n) is 2.97. The summed E-state index contributed by atoms with van der Waals surface area (Å²) in [6, 6.07) is 2.41. The van der Waals surface area contributed by atoms with Gasteiger partial charge in [0.1, 0.15) is 0 Å². The third-order valence-corrected chi connectivity index (χ3v) is 2.97. The molecule has 1 saturated carbocycles. The van der Waals surface area contributed by atoms with Crippen LogP contribution < -0.4 is 0 Å². The van der Waals surface area contributed by atoms with Gasteiger partial charge in [0.15, 0.2) is 0 Å². The molecule has 0 aromatic heterocycles. The summed E-state index contributed by atoms with van der Waals surface area (Å²) >= 11 is 0. The molecule has 1 atom stereocenters. The van der Waals surface area contributed by atoms with E-state index in [0.717, 1.165) is 6.42 Å². The van der Waals surface area contributed by atoms with Crippen LogP contribution in [0.25, 0.3) is 0 Å². The predicted molar refractivity (Wildman–Crippen MR) is 77.6 cm³/mol. The van der Waals surface area contributed by atoms with Crippen LogP contribution >= 0.6 is 0 Å². The fourth-order valence-corrected chi connectivity index (χ4v) is 1.73. The van der Waals surface area contributed by atoms with Crippen LogP contribution in [-0.4, -0.2) is 0 Å². The summed E-state index contributed by atoms with van der Waals surface area (Å²) in [4.78, 5) is 0. The van der Waals surface area contributed by atoms with Crippen molar-refractivity contribution in [2.45, 2.75) is 46.5 Å². The molecule has 1 nitrogen and oxygen atoms in total. The van der Waals surface area contributed by atoms with Crippen LogP contribution in [0.15, 0.2) is 37.5 Å². The normalized spacial score (nSPS) is 16.0. The summed E-state index contributed by atoms with van der Waals surface area (Å²) in [5, 5.41) is 8.99. The standard InChI is InChI=1S/C12H17N.C2H6.C2H4/c1-3-10(4-2)8-12(9-13)11-6-5-7-11;2*1-2/h3-4,11-12H,1,5-8H2,2H3;1-2H3;1-2H2/b10-4+;;. The Morgan fingerprint density at radius 2 is 1.94 bits per heavy atom. The summed E-state index contributed by atoms with van der Waals surface area (Å²) in [6.07, 6.45) is 8.60. The maximum Gasteiger partial charge on any atom is 0.0662 e. The van der Waals surface area contributed by atoms with E-state index in [1.807, 2.05) is 26.8 Å². The highest BCUT2D eigenvalue weighted by Crippen LogP contribution is 2.36. The van der Waals surface area contributed by atoms with Gasteiger partial charge < -0.3 is 0 Å². The number of allylic oxidation sites excluding steroid dienone is 3. The first-order valence-electron chi connectivity index (χ1n) is 6.49. The average molecular weight is 233 g/mol. The minimum absolute atomic E-state index is 0.220. The van der Waals surface area contributed by atoms with E-state index >= 15 is 0 Å². The smallest absolute Gasteiger partial charge is 0.0662 e. The molecule has 1 aliphatic carbocycles. The minimum atomic E-state index is 0.220. The van der Waals surface area contributed by atoms with E-state index < -0.39 is 0 Å². The number of hydrogen-bond acceptors (Lipinski definition) is 1. The summed E-state index contributed by atoms with van der Waals surface area (Å²) in [5.41, 5.74) is 1.21. The third kappa shape index (κ3) is 6.79. The van der Waals surface area contributed by atoms with E-state index in [9.17, 15) is 0 Å². The zero-order chi connectivity index (χ0) is 13.7. The van der Waals surface area contributed by atoms with Gasteiger partial charge in [0, 0.05) is 0 Å². The van der Waals surface area contributed by atoms with Crippen molar-refractivity contribution in [1.82, 2.24) is 0 Å². The fraction of sp³-hybridized carbons (Fsp3) is 0.562. The Morgan fingerprint density at radius 3 is 2.18 bits per heavy atom. The van der Waals surface area contributed by atoms with Gasteiger partial charge in [-0.05, 0) is 32.1 Å². The summed E-state index contributed by atoms with van der Waals surface area (Å²) < 4.78 is 0. The van der Waals surface area contributed by atoms with Crippen LogP contribution in [0.3, 0.4) is 0 Å². The Bertz CT molecular complexity index is 253. The van der Waals surface area contributed by atoms with Crippen LogP contribution in [-0.2, 0) is 0 Å². The minimum Gasteiger partial charge on any atom is -0.198 e. The Kier molecular flexibility index (Phi) is 13.6. The molecule has 0 aromatic carbocycles. The second kappa shape index (κ2) is 12.8. The van der Waals surface area contributed by atoms with Gasteiger partial charge in [-0.1, -0.05) is 44.6 Å². The largest absolute Gasteiger partial charge is 0.198 e. The topological polar surface area (TPSA) is 23.8 Å². The molecule has 0 aromatic rings. The molecule has 0 spiro atoms. The molecule has 0 heterocycles. The van der Waals surface area contributed by atoms with E-state index in [0.29, 0.717) is 5.92 Å². The van der Waals surface area contributed by atoms with Crippen LogP contribution in [0.2, 0.25) is 0 Å². The highest BCUT2D eigenvalue weighted by molar-refractivity contribution is 5.17. The van der Waals surface area contributed by atoms with Crippen LogP contribution in [0.5, 0.6) is 0 Å². The Balaban J connectivity index is 0. The van der Waals surface area contributed by atoms with Crippen molar-refractivity contribution in [3.8, 4) is 6.07 Å². The second-order valence-electron chi connectivity index (χ2n) is 3.70. The zero-order valence-corrected chi connectivity index (χ0v) is 11.7.